The van der Waals surface area contributed by atoms with Crippen LogP contribution in [0.4, 0.5) is 0 Å². The first-order valence-electron chi connectivity index (χ1n) is 19.0. The summed E-state index contributed by atoms with van der Waals surface area (Å²) >= 11 is 0. The summed E-state index contributed by atoms with van der Waals surface area (Å²) in [5.74, 6) is 1.72. The average molecular weight is 731 g/mol. The van der Waals surface area contributed by atoms with Gasteiger partial charge in [0.25, 0.3) is 0 Å². The fourth-order valence-electron chi connectivity index (χ4n) is 8.57. The quantitative estimate of drug-likeness (QED) is 0.176. The number of benzene rings is 8. The van der Waals surface area contributed by atoms with Crippen LogP contribution >= 0.6 is 0 Å². The summed E-state index contributed by atoms with van der Waals surface area (Å²) in [5, 5.41) is 6.36. The van der Waals surface area contributed by atoms with Crippen molar-refractivity contribution < 1.29 is 8.83 Å². The molecule has 6 nitrogen and oxygen atoms in total. The van der Waals surface area contributed by atoms with Crippen molar-refractivity contribution in [2.24, 2.45) is 0 Å². The monoisotopic (exact) mass is 730 g/mol. The maximum Gasteiger partial charge on any atom is 0.164 e. The minimum absolute atomic E-state index is 0.564. The first kappa shape index (κ1) is 31.5. The predicted molar refractivity (Wildman–Crippen MR) is 230 cm³/mol. The lowest BCUT2D eigenvalue weighted by Crippen LogP contribution is -2.00. The van der Waals surface area contributed by atoms with E-state index >= 15 is 0 Å². The fourth-order valence-corrected chi connectivity index (χ4v) is 8.57. The second kappa shape index (κ2) is 12.3. The summed E-state index contributed by atoms with van der Waals surface area (Å²) in [5.41, 5.74) is 11.5. The Morgan fingerprint density at radius 2 is 0.895 bits per heavy atom. The van der Waals surface area contributed by atoms with Crippen LogP contribution in [-0.2, 0) is 0 Å². The Kier molecular flexibility index (Phi) is 6.83. The Bertz CT molecular complexity index is 3530. The van der Waals surface area contributed by atoms with Gasteiger partial charge in [-0.15, -0.1) is 0 Å². The van der Waals surface area contributed by atoms with Gasteiger partial charge < -0.3 is 13.4 Å². The highest BCUT2D eigenvalue weighted by Gasteiger charge is 2.22. The number of aromatic nitrogens is 4. The number of rotatable bonds is 5. The van der Waals surface area contributed by atoms with E-state index in [-0.39, 0.29) is 0 Å². The van der Waals surface area contributed by atoms with Crippen LogP contribution in [0.15, 0.2) is 191 Å². The van der Waals surface area contributed by atoms with Gasteiger partial charge in [0, 0.05) is 60.3 Å². The Hall–Kier alpha value is -7.83. The van der Waals surface area contributed by atoms with Gasteiger partial charge in [0.15, 0.2) is 17.5 Å². The van der Waals surface area contributed by atoms with Gasteiger partial charge in [0.1, 0.15) is 22.3 Å². The van der Waals surface area contributed by atoms with E-state index in [2.05, 4.69) is 114 Å². The number of hydrogen-bond donors (Lipinski definition) is 0. The number of para-hydroxylation sites is 4. The van der Waals surface area contributed by atoms with Crippen molar-refractivity contribution in [3.63, 3.8) is 0 Å². The van der Waals surface area contributed by atoms with Crippen LogP contribution in [0.1, 0.15) is 0 Å². The van der Waals surface area contributed by atoms with Crippen LogP contribution in [-0.4, -0.2) is 19.5 Å². The van der Waals surface area contributed by atoms with Gasteiger partial charge in [-0.05, 0) is 54.1 Å². The van der Waals surface area contributed by atoms with E-state index in [1.165, 1.54) is 16.3 Å². The van der Waals surface area contributed by atoms with Crippen molar-refractivity contribution in [2.75, 3.05) is 0 Å². The standard InChI is InChI=1S/C51H30N4O2/c1-3-14-31(15-4-1)49-52-50(38-22-12-26-44-46(38)37-19-8-10-25-42(37)56-44)54-51(53-49)39-23-13-27-45-47(39)40-30-32(28-29-43(40)57-45)34-20-11-21-36-35-18-7-9-24-41(35)55(48(34)36)33-16-5-2-6-17-33/h1-30H. The third kappa shape index (κ3) is 4.87. The van der Waals surface area contributed by atoms with Crippen LogP contribution < -0.4 is 0 Å². The molecular formula is C51H30N4O2. The number of fused-ring (bicyclic) bond motifs is 9. The molecule has 6 heteroatoms. The number of furan rings is 2. The molecule has 0 aliphatic heterocycles. The van der Waals surface area contributed by atoms with E-state index in [1.807, 2.05) is 72.8 Å². The lowest BCUT2D eigenvalue weighted by molar-refractivity contribution is 0.668. The smallest absolute Gasteiger partial charge is 0.164 e. The fraction of sp³-hybridized carbons (Fsp3) is 0. The molecule has 0 N–H and O–H groups in total. The largest absolute Gasteiger partial charge is 0.456 e. The highest BCUT2D eigenvalue weighted by Crippen LogP contribution is 2.43. The molecule has 0 unspecified atom stereocenters. The third-order valence-electron chi connectivity index (χ3n) is 11.1. The van der Waals surface area contributed by atoms with Crippen LogP contribution in [0.25, 0.3) is 117 Å². The zero-order valence-electron chi connectivity index (χ0n) is 30.4. The minimum Gasteiger partial charge on any atom is -0.456 e. The van der Waals surface area contributed by atoms with E-state index in [9.17, 15) is 0 Å². The van der Waals surface area contributed by atoms with E-state index in [4.69, 9.17) is 23.8 Å². The van der Waals surface area contributed by atoms with Gasteiger partial charge in [0.05, 0.1) is 11.0 Å². The van der Waals surface area contributed by atoms with Crippen molar-refractivity contribution >= 4 is 65.7 Å². The van der Waals surface area contributed by atoms with Gasteiger partial charge in [-0.1, -0.05) is 133 Å². The van der Waals surface area contributed by atoms with Crippen molar-refractivity contribution in [2.45, 2.75) is 0 Å². The molecule has 266 valence electrons. The van der Waals surface area contributed by atoms with E-state index < -0.39 is 0 Å². The molecule has 57 heavy (non-hydrogen) atoms. The van der Waals surface area contributed by atoms with Crippen LogP contribution in [0, 0.1) is 0 Å². The summed E-state index contributed by atoms with van der Waals surface area (Å²) in [6.07, 6.45) is 0. The van der Waals surface area contributed by atoms with E-state index in [1.54, 1.807) is 0 Å². The topological polar surface area (TPSA) is 69.9 Å². The second-order valence-electron chi connectivity index (χ2n) is 14.3. The predicted octanol–water partition coefficient (Wildman–Crippen LogP) is 13.4. The lowest BCUT2D eigenvalue weighted by Gasteiger charge is -2.12. The van der Waals surface area contributed by atoms with Crippen molar-refractivity contribution in [3.8, 4) is 51.0 Å². The molecule has 4 aromatic heterocycles. The number of hydrogen-bond acceptors (Lipinski definition) is 5. The maximum atomic E-state index is 6.57. The summed E-state index contributed by atoms with van der Waals surface area (Å²) in [6.45, 7) is 0. The summed E-state index contributed by atoms with van der Waals surface area (Å²) in [6, 6.07) is 62.7. The maximum absolute atomic E-state index is 6.57. The van der Waals surface area contributed by atoms with Gasteiger partial charge in [-0.25, -0.2) is 15.0 Å². The summed E-state index contributed by atoms with van der Waals surface area (Å²) < 4.78 is 15.2. The third-order valence-corrected chi connectivity index (χ3v) is 11.1. The van der Waals surface area contributed by atoms with Gasteiger partial charge in [-0.2, -0.15) is 0 Å². The molecule has 0 bridgehead atoms. The highest BCUT2D eigenvalue weighted by molar-refractivity contribution is 6.17. The SMILES string of the molecule is c1ccc(-c2nc(-c3cccc4oc5ccccc5c34)nc(-c3cccc4oc5ccc(-c6cccc7c8ccccc8n(-c8ccccc8)c67)cc5c34)n2)cc1. The average Bonchev–Trinajstić information content (AvgIpc) is 3.96. The zero-order chi connectivity index (χ0) is 37.5. The molecule has 0 fully saturated rings. The summed E-state index contributed by atoms with van der Waals surface area (Å²) in [4.78, 5) is 15.5. The number of nitrogens with zero attached hydrogens (tertiary/aromatic N) is 4. The van der Waals surface area contributed by atoms with Crippen LogP contribution in [0.5, 0.6) is 0 Å². The molecule has 0 radical (unpaired) electrons. The van der Waals surface area contributed by atoms with Gasteiger partial charge in [0.2, 0.25) is 0 Å². The van der Waals surface area contributed by atoms with E-state index in [0.29, 0.717) is 17.5 Å². The molecular weight excluding hydrogens is 701 g/mol. The van der Waals surface area contributed by atoms with Gasteiger partial charge >= 0.3 is 0 Å². The Balaban J connectivity index is 1.11. The van der Waals surface area contributed by atoms with Crippen molar-refractivity contribution in [1.82, 2.24) is 19.5 Å². The molecule has 0 amide bonds. The first-order valence-corrected chi connectivity index (χ1v) is 19.0. The van der Waals surface area contributed by atoms with Crippen molar-refractivity contribution in [1.29, 1.82) is 0 Å². The molecule has 0 aliphatic rings. The second-order valence-corrected chi connectivity index (χ2v) is 14.3. The molecule has 4 heterocycles. The van der Waals surface area contributed by atoms with Crippen molar-refractivity contribution in [3.05, 3.63) is 182 Å². The highest BCUT2D eigenvalue weighted by atomic mass is 16.3. The molecule has 0 spiro atoms. The molecule has 8 aromatic carbocycles. The molecule has 12 aromatic rings. The molecule has 0 atom stereocenters. The summed E-state index contributed by atoms with van der Waals surface area (Å²) in [7, 11) is 0. The Morgan fingerprint density at radius 3 is 1.65 bits per heavy atom. The molecule has 0 aliphatic carbocycles. The molecule has 0 saturated heterocycles. The Morgan fingerprint density at radius 1 is 0.351 bits per heavy atom. The lowest BCUT2D eigenvalue weighted by atomic mass is 9.98. The minimum atomic E-state index is 0.564. The molecule has 0 saturated carbocycles. The normalized spacial score (nSPS) is 11.9. The zero-order valence-corrected chi connectivity index (χ0v) is 30.4. The Labute approximate surface area is 325 Å². The van der Waals surface area contributed by atoms with E-state index in [0.717, 1.165) is 82.9 Å². The van der Waals surface area contributed by atoms with Crippen LogP contribution in [0.2, 0.25) is 0 Å². The van der Waals surface area contributed by atoms with Crippen LogP contribution in [0.3, 0.4) is 0 Å². The van der Waals surface area contributed by atoms with Gasteiger partial charge in [-0.3, -0.25) is 0 Å². The first-order chi connectivity index (χ1) is 28.3. The molecule has 12 rings (SSSR count).